The van der Waals surface area contributed by atoms with Gasteiger partial charge in [0.25, 0.3) is 0 Å². The van der Waals surface area contributed by atoms with Gasteiger partial charge in [-0.05, 0) is 37.5 Å². The fraction of sp³-hybridized carbons (Fsp3) is 0.391. The molecule has 5 nitrogen and oxygen atoms in total. The molecular weight excluding hydrogens is 456 g/mol. The number of anilines is 1. The molecule has 0 amide bonds. The zero-order chi connectivity index (χ0) is 22.4. The summed E-state index contributed by atoms with van der Waals surface area (Å²) in [7, 11) is 1.60. The monoisotopic (exact) mass is 477 g/mol. The van der Waals surface area contributed by atoms with Gasteiger partial charge in [-0.1, -0.05) is 11.6 Å². The van der Waals surface area contributed by atoms with Crippen molar-refractivity contribution in [1.82, 2.24) is 9.55 Å². The number of benzene rings is 2. The van der Waals surface area contributed by atoms with Gasteiger partial charge in [-0.3, -0.25) is 4.57 Å². The highest BCUT2D eigenvalue weighted by atomic mass is 35.5. The van der Waals surface area contributed by atoms with E-state index in [4.69, 9.17) is 16.3 Å². The van der Waals surface area contributed by atoms with Gasteiger partial charge in [-0.2, -0.15) is 4.98 Å². The normalized spacial score (nSPS) is 18.8. The van der Waals surface area contributed by atoms with Crippen LogP contribution in [0.25, 0.3) is 22.0 Å². The summed E-state index contributed by atoms with van der Waals surface area (Å²) < 4.78 is 35.6. The Morgan fingerprint density at radius 1 is 1.19 bits per heavy atom. The summed E-state index contributed by atoms with van der Waals surface area (Å²) in [5.41, 5.74) is 0.976. The molecule has 0 saturated carbocycles. The average molecular weight is 478 g/mol. The molecule has 3 heterocycles. The molecule has 0 radical (unpaired) electrons. The number of rotatable bonds is 3. The third-order valence-electron chi connectivity index (χ3n) is 6.14. The molecule has 0 bridgehead atoms. The Morgan fingerprint density at radius 2 is 1.97 bits per heavy atom. The first-order chi connectivity index (χ1) is 15.5. The van der Waals surface area contributed by atoms with Crippen molar-refractivity contribution in [2.45, 2.75) is 36.8 Å². The van der Waals surface area contributed by atoms with Gasteiger partial charge in [0, 0.05) is 53.4 Å². The largest absolute Gasteiger partial charge is 0.379 e. The minimum Gasteiger partial charge on any atom is -0.379 e. The SMILES string of the molecule is CO[C@@H]1CSc2c(-c3ccc(F)cc3F)c(Cl)cc3c(N4CCCCC4)nc(=O)n(c23)C1. The lowest BCUT2D eigenvalue weighted by atomic mass is 10.0. The molecule has 1 aromatic heterocycles. The Bertz CT molecular complexity index is 1260. The molecule has 2 aliphatic rings. The molecule has 5 rings (SSSR count). The Hall–Kier alpha value is -2.16. The van der Waals surface area contributed by atoms with Gasteiger partial charge in [-0.25, -0.2) is 13.6 Å². The lowest BCUT2D eigenvalue weighted by Crippen LogP contribution is -2.35. The molecule has 0 unspecified atom stereocenters. The van der Waals surface area contributed by atoms with Crippen LogP contribution in [-0.2, 0) is 11.3 Å². The van der Waals surface area contributed by atoms with Crippen LogP contribution in [0.1, 0.15) is 19.3 Å². The number of methoxy groups -OCH3 is 1. The van der Waals surface area contributed by atoms with E-state index in [1.807, 2.05) is 0 Å². The fourth-order valence-corrected chi connectivity index (χ4v) is 6.21. The number of piperidine rings is 1. The van der Waals surface area contributed by atoms with Crippen molar-refractivity contribution >= 4 is 40.1 Å². The van der Waals surface area contributed by atoms with Gasteiger partial charge < -0.3 is 9.64 Å². The second kappa shape index (κ2) is 8.65. The minimum atomic E-state index is -0.699. The fourth-order valence-electron chi connectivity index (χ4n) is 4.54. The molecule has 2 aliphatic heterocycles. The minimum absolute atomic E-state index is 0.201. The Balaban J connectivity index is 1.84. The number of hydrogen-bond donors (Lipinski definition) is 0. The van der Waals surface area contributed by atoms with E-state index >= 15 is 0 Å². The summed E-state index contributed by atoms with van der Waals surface area (Å²) >= 11 is 8.22. The van der Waals surface area contributed by atoms with E-state index in [-0.39, 0.29) is 17.4 Å². The van der Waals surface area contributed by atoms with Crippen molar-refractivity contribution < 1.29 is 13.5 Å². The number of ether oxygens (including phenoxy) is 1. The number of hydrogen-bond acceptors (Lipinski definition) is 5. The van der Waals surface area contributed by atoms with E-state index < -0.39 is 11.6 Å². The van der Waals surface area contributed by atoms with Crippen LogP contribution >= 0.6 is 23.4 Å². The summed E-state index contributed by atoms with van der Waals surface area (Å²) in [4.78, 5) is 20.4. The van der Waals surface area contributed by atoms with Crippen LogP contribution < -0.4 is 10.6 Å². The van der Waals surface area contributed by atoms with Crippen molar-refractivity contribution in [1.29, 1.82) is 0 Å². The highest BCUT2D eigenvalue weighted by molar-refractivity contribution is 7.99. The standard InChI is InChI=1S/C23H22ClF2N3O2S/c1-31-14-11-29-20-16(22(27-23(29)30)28-7-3-2-4-8-28)10-17(24)19(21(20)32-12-14)15-6-5-13(25)9-18(15)26/h5-6,9-10,14H,2-4,7-8,11-12H2,1H3/t14-/m0/s1. The first kappa shape index (κ1) is 21.7. The van der Waals surface area contributed by atoms with Crippen LogP contribution in [0.5, 0.6) is 0 Å². The van der Waals surface area contributed by atoms with E-state index in [0.717, 1.165) is 43.8 Å². The first-order valence-electron chi connectivity index (χ1n) is 10.6. The van der Waals surface area contributed by atoms with Gasteiger partial charge in [-0.15, -0.1) is 11.8 Å². The van der Waals surface area contributed by atoms with E-state index in [0.29, 0.717) is 39.1 Å². The van der Waals surface area contributed by atoms with Gasteiger partial charge in [0.1, 0.15) is 17.5 Å². The second-order valence-corrected chi connectivity index (χ2v) is 9.57. The Labute approximate surface area is 193 Å². The second-order valence-electron chi connectivity index (χ2n) is 8.13. The zero-order valence-corrected chi connectivity index (χ0v) is 19.1. The number of halogens is 3. The summed E-state index contributed by atoms with van der Waals surface area (Å²) in [5, 5.41) is 1.11. The van der Waals surface area contributed by atoms with Gasteiger partial charge >= 0.3 is 5.69 Å². The Morgan fingerprint density at radius 3 is 2.69 bits per heavy atom. The number of thioether (sulfide) groups is 1. The highest BCUT2D eigenvalue weighted by Crippen LogP contribution is 2.46. The summed E-state index contributed by atoms with van der Waals surface area (Å²) in [6.45, 7) is 1.98. The molecule has 0 N–H and O–H groups in total. The molecule has 9 heteroatoms. The smallest absolute Gasteiger partial charge is 0.350 e. The maximum atomic E-state index is 14.8. The molecule has 168 valence electrons. The molecule has 32 heavy (non-hydrogen) atoms. The third-order valence-corrected chi connectivity index (χ3v) is 7.66. The van der Waals surface area contributed by atoms with Gasteiger partial charge in [0.2, 0.25) is 0 Å². The predicted octanol–water partition coefficient (Wildman–Crippen LogP) is 5.11. The molecule has 1 fully saturated rings. The maximum absolute atomic E-state index is 14.8. The number of aromatic nitrogens is 2. The molecule has 0 aliphatic carbocycles. The summed E-state index contributed by atoms with van der Waals surface area (Å²) in [6.07, 6.45) is 3.00. The van der Waals surface area contributed by atoms with Crippen LogP contribution in [-0.4, -0.2) is 41.6 Å². The van der Waals surface area contributed by atoms with Crippen molar-refractivity contribution in [2.75, 3.05) is 30.9 Å². The zero-order valence-electron chi connectivity index (χ0n) is 17.5. The maximum Gasteiger partial charge on any atom is 0.350 e. The van der Waals surface area contributed by atoms with Crippen molar-refractivity contribution in [3.8, 4) is 11.1 Å². The van der Waals surface area contributed by atoms with E-state index in [9.17, 15) is 13.6 Å². The van der Waals surface area contributed by atoms with Crippen molar-refractivity contribution in [3.63, 3.8) is 0 Å². The summed E-state index contributed by atoms with van der Waals surface area (Å²) in [5.74, 6) is -0.182. The molecule has 3 aromatic rings. The third kappa shape index (κ3) is 3.68. The predicted molar refractivity (Wildman–Crippen MR) is 124 cm³/mol. The highest BCUT2D eigenvalue weighted by Gasteiger charge is 2.29. The first-order valence-corrected chi connectivity index (χ1v) is 12.0. The molecule has 1 saturated heterocycles. The van der Waals surface area contributed by atoms with Crippen LogP contribution in [0.3, 0.4) is 0 Å². The molecule has 2 aromatic carbocycles. The quantitative estimate of drug-likeness (QED) is 0.525. The lowest BCUT2D eigenvalue weighted by Gasteiger charge is -2.29. The van der Waals surface area contributed by atoms with Crippen LogP contribution in [0.15, 0.2) is 34.0 Å². The van der Waals surface area contributed by atoms with E-state index in [1.54, 1.807) is 17.7 Å². The van der Waals surface area contributed by atoms with Crippen molar-refractivity contribution in [2.24, 2.45) is 0 Å². The summed E-state index contributed by atoms with van der Waals surface area (Å²) in [6, 6.07) is 5.21. The molecular formula is C23H22ClF2N3O2S. The molecule has 1 atom stereocenters. The van der Waals surface area contributed by atoms with Crippen LogP contribution in [0.2, 0.25) is 5.02 Å². The Kier molecular flexibility index (Phi) is 5.86. The van der Waals surface area contributed by atoms with Crippen molar-refractivity contribution in [3.05, 3.63) is 51.4 Å². The van der Waals surface area contributed by atoms with Gasteiger partial charge in [0.15, 0.2) is 0 Å². The van der Waals surface area contributed by atoms with E-state index in [1.165, 1.54) is 23.9 Å². The molecule has 0 spiro atoms. The van der Waals surface area contributed by atoms with Crippen LogP contribution in [0.4, 0.5) is 14.6 Å². The topological polar surface area (TPSA) is 47.4 Å². The van der Waals surface area contributed by atoms with Crippen LogP contribution in [0, 0.1) is 11.6 Å². The average Bonchev–Trinajstić information content (AvgIpc) is 2.98. The van der Waals surface area contributed by atoms with Gasteiger partial charge in [0.05, 0.1) is 23.2 Å². The van der Waals surface area contributed by atoms with E-state index in [2.05, 4.69) is 9.88 Å². The lowest BCUT2D eigenvalue weighted by molar-refractivity contribution is 0.107. The number of nitrogens with zero attached hydrogens (tertiary/aromatic N) is 3.